The molecule has 1 aromatic rings. The average molecular weight is 333 g/mol. The molecule has 1 heterocycles. The lowest BCUT2D eigenvalue weighted by molar-refractivity contribution is -0.139. The van der Waals surface area contributed by atoms with Gasteiger partial charge in [0.25, 0.3) is 5.91 Å². The largest absolute Gasteiger partial charge is 0.481 e. The number of aliphatic carboxylic acids is 1. The van der Waals surface area contributed by atoms with Crippen molar-refractivity contribution in [1.29, 1.82) is 0 Å². The van der Waals surface area contributed by atoms with Crippen molar-refractivity contribution in [3.8, 4) is 5.75 Å². The fraction of sp³-hybridized carbons (Fsp3) is 0.579. The average Bonchev–Trinajstić information content (AvgIpc) is 2.92. The van der Waals surface area contributed by atoms with Crippen LogP contribution in [-0.4, -0.2) is 41.6 Å². The van der Waals surface area contributed by atoms with Crippen molar-refractivity contribution < 1.29 is 19.4 Å². The van der Waals surface area contributed by atoms with Gasteiger partial charge in [-0.25, -0.2) is 4.79 Å². The van der Waals surface area contributed by atoms with Crippen molar-refractivity contribution in [1.82, 2.24) is 4.90 Å². The molecule has 1 unspecified atom stereocenters. The third kappa shape index (κ3) is 4.49. The predicted molar refractivity (Wildman–Crippen MR) is 92.5 cm³/mol. The number of carboxylic acid groups (broad SMARTS) is 1. The molecule has 0 aliphatic carbocycles. The second-order valence-electron chi connectivity index (χ2n) is 7.16. The minimum absolute atomic E-state index is 0.0530. The Balaban J connectivity index is 2.09. The maximum Gasteiger partial charge on any atom is 0.341 e. The van der Waals surface area contributed by atoms with Crippen molar-refractivity contribution in [2.24, 2.45) is 11.8 Å². The minimum atomic E-state index is -1.01. The smallest absolute Gasteiger partial charge is 0.341 e. The van der Waals surface area contributed by atoms with E-state index in [0.29, 0.717) is 23.1 Å². The summed E-state index contributed by atoms with van der Waals surface area (Å²) >= 11 is 0. The minimum Gasteiger partial charge on any atom is -0.481 e. The monoisotopic (exact) mass is 333 g/mol. The molecule has 5 heteroatoms. The van der Waals surface area contributed by atoms with Crippen molar-refractivity contribution in [2.45, 2.75) is 40.5 Å². The zero-order valence-corrected chi connectivity index (χ0v) is 15.0. The number of benzene rings is 1. The van der Waals surface area contributed by atoms with E-state index >= 15 is 0 Å². The maximum absolute atomic E-state index is 12.8. The second kappa shape index (κ2) is 7.69. The summed E-state index contributed by atoms with van der Waals surface area (Å²) in [7, 11) is 0. The quantitative estimate of drug-likeness (QED) is 0.867. The molecule has 1 fully saturated rings. The van der Waals surface area contributed by atoms with E-state index in [-0.39, 0.29) is 12.5 Å². The lowest BCUT2D eigenvalue weighted by Gasteiger charge is -2.19. The molecule has 0 radical (unpaired) electrons. The van der Waals surface area contributed by atoms with Gasteiger partial charge in [0, 0.05) is 18.7 Å². The number of rotatable bonds is 6. The molecule has 1 atom stereocenters. The van der Waals surface area contributed by atoms with E-state index in [1.165, 1.54) is 0 Å². The molecule has 1 aliphatic rings. The van der Waals surface area contributed by atoms with Crippen LogP contribution in [0.3, 0.4) is 0 Å². The summed E-state index contributed by atoms with van der Waals surface area (Å²) in [6.45, 7) is 9.37. The molecule has 1 N–H and O–H groups in total. The van der Waals surface area contributed by atoms with E-state index < -0.39 is 5.97 Å². The van der Waals surface area contributed by atoms with Crippen LogP contribution in [0.1, 0.15) is 48.2 Å². The van der Waals surface area contributed by atoms with Gasteiger partial charge in [-0.3, -0.25) is 4.79 Å². The molecule has 2 rings (SSSR count). The van der Waals surface area contributed by atoms with E-state index in [0.717, 1.165) is 37.1 Å². The number of nitrogens with zero attached hydrogens (tertiary/aromatic N) is 1. The van der Waals surface area contributed by atoms with E-state index in [1.807, 2.05) is 18.7 Å². The summed E-state index contributed by atoms with van der Waals surface area (Å²) in [5.41, 5.74) is 2.23. The van der Waals surface area contributed by atoms with E-state index in [2.05, 4.69) is 13.8 Å². The number of aryl methyl sites for hydroxylation is 2. The Bertz CT molecular complexity index is 601. The van der Waals surface area contributed by atoms with Gasteiger partial charge in [0.1, 0.15) is 5.75 Å². The van der Waals surface area contributed by atoms with E-state index in [9.17, 15) is 9.59 Å². The molecular weight excluding hydrogens is 306 g/mol. The molecule has 24 heavy (non-hydrogen) atoms. The van der Waals surface area contributed by atoms with Gasteiger partial charge in [0.05, 0.1) is 0 Å². The number of carbonyl (C=O) groups excluding carboxylic acids is 1. The summed E-state index contributed by atoms with van der Waals surface area (Å²) in [4.78, 5) is 25.3. The van der Waals surface area contributed by atoms with Gasteiger partial charge in [-0.1, -0.05) is 13.8 Å². The number of hydrogen-bond donors (Lipinski definition) is 1. The lowest BCUT2D eigenvalue weighted by Crippen LogP contribution is -2.29. The van der Waals surface area contributed by atoms with Crippen LogP contribution in [0.5, 0.6) is 5.75 Å². The van der Waals surface area contributed by atoms with Crippen molar-refractivity contribution in [3.05, 3.63) is 28.8 Å². The Kier molecular flexibility index (Phi) is 5.86. The third-order valence-electron chi connectivity index (χ3n) is 4.43. The van der Waals surface area contributed by atoms with Crippen LogP contribution in [0.4, 0.5) is 0 Å². The summed E-state index contributed by atoms with van der Waals surface area (Å²) in [5.74, 6) is 0.835. The Morgan fingerprint density at radius 3 is 2.46 bits per heavy atom. The van der Waals surface area contributed by atoms with Gasteiger partial charge in [0.2, 0.25) is 0 Å². The van der Waals surface area contributed by atoms with Crippen LogP contribution in [0, 0.1) is 25.7 Å². The second-order valence-corrected chi connectivity index (χ2v) is 7.16. The van der Waals surface area contributed by atoms with E-state index in [1.54, 1.807) is 12.1 Å². The molecule has 0 bridgehead atoms. The number of carboxylic acids is 1. The first-order valence-electron chi connectivity index (χ1n) is 8.53. The van der Waals surface area contributed by atoms with E-state index in [4.69, 9.17) is 9.84 Å². The molecule has 1 saturated heterocycles. The Morgan fingerprint density at radius 2 is 1.92 bits per heavy atom. The molecule has 1 aliphatic heterocycles. The standard InChI is InChI=1S/C19H27NO4/c1-12(2)7-15-5-6-20(10-15)19(23)16-8-13(3)18(14(4)9-16)24-11-17(21)22/h8-9,12,15H,5-7,10-11H2,1-4H3,(H,21,22). The fourth-order valence-electron chi connectivity index (χ4n) is 3.49. The van der Waals surface area contributed by atoms with Crippen LogP contribution < -0.4 is 4.74 Å². The fourth-order valence-corrected chi connectivity index (χ4v) is 3.49. The zero-order valence-electron chi connectivity index (χ0n) is 15.0. The first kappa shape index (κ1) is 18.3. The van der Waals surface area contributed by atoms with Gasteiger partial charge in [-0.15, -0.1) is 0 Å². The molecule has 5 nitrogen and oxygen atoms in total. The molecule has 1 aromatic carbocycles. The van der Waals surface area contributed by atoms with Gasteiger partial charge in [-0.05, 0) is 61.8 Å². The summed E-state index contributed by atoms with van der Waals surface area (Å²) in [6.07, 6.45) is 2.23. The van der Waals surface area contributed by atoms with Gasteiger partial charge in [0.15, 0.2) is 6.61 Å². The van der Waals surface area contributed by atoms with Crippen LogP contribution in [0.15, 0.2) is 12.1 Å². The summed E-state index contributed by atoms with van der Waals surface area (Å²) in [5, 5.41) is 8.74. The van der Waals surface area contributed by atoms with Gasteiger partial charge < -0.3 is 14.7 Å². The van der Waals surface area contributed by atoms with Crippen molar-refractivity contribution in [3.63, 3.8) is 0 Å². The molecule has 0 aromatic heterocycles. The highest BCUT2D eigenvalue weighted by Crippen LogP contribution is 2.28. The molecular formula is C19H27NO4. The first-order chi connectivity index (χ1) is 11.3. The Morgan fingerprint density at radius 1 is 1.29 bits per heavy atom. The number of amides is 1. The van der Waals surface area contributed by atoms with Gasteiger partial charge in [-0.2, -0.15) is 0 Å². The Labute approximate surface area is 143 Å². The molecule has 132 valence electrons. The molecule has 0 saturated carbocycles. The predicted octanol–water partition coefficient (Wildman–Crippen LogP) is 3.28. The van der Waals surface area contributed by atoms with Gasteiger partial charge >= 0.3 is 5.97 Å². The number of carbonyl (C=O) groups is 2. The van der Waals surface area contributed by atoms with Crippen molar-refractivity contribution in [2.75, 3.05) is 19.7 Å². The highest BCUT2D eigenvalue weighted by atomic mass is 16.5. The number of likely N-dealkylation sites (tertiary alicyclic amines) is 1. The van der Waals surface area contributed by atoms with Crippen LogP contribution >= 0.6 is 0 Å². The van der Waals surface area contributed by atoms with Crippen LogP contribution in [-0.2, 0) is 4.79 Å². The first-order valence-corrected chi connectivity index (χ1v) is 8.53. The molecule has 1 amide bonds. The highest BCUT2D eigenvalue weighted by Gasteiger charge is 2.27. The summed E-state index contributed by atoms with van der Waals surface area (Å²) < 4.78 is 5.33. The zero-order chi connectivity index (χ0) is 17.9. The number of hydrogen-bond acceptors (Lipinski definition) is 3. The highest BCUT2D eigenvalue weighted by molar-refractivity contribution is 5.95. The lowest BCUT2D eigenvalue weighted by atomic mass is 9.97. The topological polar surface area (TPSA) is 66.8 Å². The molecule has 0 spiro atoms. The Hall–Kier alpha value is -2.04. The maximum atomic E-state index is 12.8. The third-order valence-corrected chi connectivity index (χ3v) is 4.43. The normalized spacial score (nSPS) is 17.4. The SMILES string of the molecule is Cc1cc(C(=O)N2CCC(CC(C)C)C2)cc(C)c1OCC(=O)O. The van der Waals surface area contributed by atoms with Crippen LogP contribution in [0.2, 0.25) is 0 Å². The van der Waals surface area contributed by atoms with Crippen LogP contribution in [0.25, 0.3) is 0 Å². The number of ether oxygens (including phenoxy) is 1. The van der Waals surface area contributed by atoms with Crippen molar-refractivity contribution >= 4 is 11.9 Å². The summed E-state index contributed by atoms with van der Waals surface area (Å²) in [6, 6.07) is 3.59.